The third-order valence-electron chi connectivity index (χ3n) is 2.06. The number of benzene rings is 1. The van der Waals surface area contributed by atoms with E-state index in [0.717, 1.165) is 11.3 Å². The van der Waals surface area contributed by atoms with Crippen LogP contribution in [0.5, 0.6) is 0 Å². The van der Waals surface area contributed by atoms with Crippen molar-refractivity contribution in [2.24, 2.45) is 0 Å². The molecule has 0 saturated heterocycles. The molecule has 3 nitrogen and oxygen atoms in total. The summed E-state index contributed by atoms with van der Waals surface area (Å²) in [5, 5.41) is 11.7. The summed E-state index contributed by atoms with van der Waals surface area (Å²) in [5.74, 6) is 0.168. The lowest BCUT2D eigenvalue weighted by Gasteiger charge is -2.11. The second-order valence-electron chi connectivity index (χ2n) is 3.06. The number of rotatable bonds is 5. The first-order chi connectivity index (χ1) is 7.19. The maximum absolute atomic E-state index is 10.9. The molecule has 1 unspecified atom stereocenters. The van der Waals surface area contributed by atoms with Crippen LogP contribution in [0, 0.1) is 0 Å². The number of thioether (sulfide) groups is 1. The normalized spacial score (nSPS) is 12.4. The highest BCUT2D eigenvalue weighted by Crippen LogP contribution is 2.20. The summed E-state index contributed by atoms with van der Waals surface area (Å²) in [6, 6.07) is 7.00. The van der Waals surface area contributed by atoms with Crippen molar-refractivity contribution >= 4 is 17.7 Å². The Bertz CT molecular complexity index is 324. The minimum Gasteiger partial charge on any atom is -0.480 e. The summed E-state index contributed by atoms with van der Waals surface area (Å²) in [6.45, 7) is 2.09. The van der Waals surface area contributed by atoms with Gasteiger partial charge in [0.2, 0.25) is 0 Å². The molecule has 0 spiro atoms. The average molecular weight is 225 g/mol. The highest BCUT2D eigenvalue weighted by Gasteiger charge is 2.16. The van der Waals surface area contributed by atoms with Crippen LogP contribution in [0.4, 0.5) is 0 Å². The second kappa shape index (κ2) is 5.78. The Hall–Kier alpha value is -1.00. The van der Waals surface area contributed by atoms with Gasteiger partial charge in [0.1, 0.15) is 6.04 Å². The predicted molar refractivity (Wildman–Crippen MR) is 62.3 cm³/mol. The van der Waals surface area contributed by atoms with Crippen LogP contribution in [-0.4, -0.2) is 23.9 Å². The molecular weight excluding hydrogens is 210 g/mol. The van der Waals surface area contributed by atoms with E-state index in [-0.39, 0.29) is 0 Å². The summed E-state index contributed by atoms with van der Waals surface area (Å²) in [5.41, 5.74) is 0.783. The Morgan fingerprint density at radius 3 is 2.47 bits per heavy atom. The van der Waals surface area contributed by atoms with Gasteiger partial charge in [0.25, 0.3) is 0 Å². The second-order valence-corrected chi connectivity index (χ2v) is 4.40. The summed E-state index contributed by atoms with van der Waals surface area (Å²) in [6.07, 6.45) is 0. The molecule has 0 bridgehead atoms. The molecule has 0 fully saturated rings. The van der Waals surface area contributed by atoms with Gasteiger partial charge in [-0.25, -0.2) is 0 Å². The fourth-order valence-electron chi connectivity index (χ4n) is 1.36. The smallest absolute Gasteiger partial charge is 0.325 e. The number of nitrogens with one attached hydrogen (secondary N) is 1. The Morgan fingerprint density at radius 1 is 1.47 bits per heavy atom. The average Bonchev–Trinajstić information content (AvgIpc) is 2.21. The maximum atomic E-state index is 10.9. The van der Waals surface area contributed by atoms with Gasteiger partial charge in [-0.15, -0.1) is 11.8 Å². The van der Waals surface area contributed by atoms with Crippen molar-refractivity contribution in [1.29, 1.82) is 0 Å². The molecule has 1 rings (SSSR count). The summed E-state index contributed by atoms with van der Waals surface area (Å²) < 4.78 is 0. The molecule has 1 aromatic rings. The van der Waals surface area contributed by atoms with Crippen molar-refractivity contribution in [1.82, 2.24) is 5.32 Å². The number of likely N-dealkylation sites (N-methyl/N-ethyl adjacent to an activating group) is 1. The first-order valence-electron chi connectivity index (χ1n) is 4.82. The van der Waals surface area contributed by atoms with Crippen LogP contribution in [0.25, 0.3) is 0 Å². The van der Waals surface area contributed by atoms with Crippen LogP contribution in [0.15, 0.2) is 29.2 Å². The van der Waals surface area contributed by atoms with E-state index in [1.807, 2.05) is 24.3 Å². The molecule has 0 heterocycles. The van der Waals surface area contributed by atoms with Crippen molar-refractivity contribution in [2.45, 2.75) is 17.9 Å². The van der Waals surface area contributed by atoms with Crippen molar-refractivity contribution in [2.75, 3.05) is 12.8 Å². The zero-order valence-corrected chi connectivity index (χ0v) is 9.67. The van der Waals surface area contributed by atoms with E-state index in [1.54, 1.807) is 18.8 Å². The van der Waals surface area contributed by atoms with E-state index in [4.69, 9.17) is 5.11 Å². The summed E-state index contributed by atoms with van der Waals surface area (Å²) in [7, 11) is 1.65. The molecule has 0 aliphatic carbocycles. The molecule has 0 aliphatic rings. The molecule has 0 radical (unpaired) electrons. The van der Waals surface area contributed by atoms with Gasteiger partial charge in [-0.3, -0.25) is 4.79 Å². The molecule has 0 amide bonds. The van der Waals surface area contributed by atoms with E-state index >= 15 is 0 Å². The fraction of sp³-hybridized carbons (Fsp3) is 0.364. The summed E-state index contributed by atoms with van der Waals surface area (Å²) >= 11 is 1.74. The zero-order chi connectivity index (χ0) is 11.3. The van der Waals surface area contributed by atoms with Gasteiger partial charge >= 0.3 is 5.97 Å². The molecule has 4 heteroatoms. The van der Waals surface area contributed by atoms with Gasteiger partial charge in [0.05, 0.1) is 0 Å². The van der Waals surface area contributed by atoms with E-state index in [2.05, 4.69) is 12.2 Å². The lowest BCUT2D eigenvalue weighted by atomic mass is 10.1. The topological polar surface area (TPSA) is 49.3 Å². The molecule has 0 aromatic heterocycles. The van der Waals surface area contributed by atoms with Crippen LogP contribution < -0.4 is 5.32 Å². The quantitative estimate of drug-likeness (QED) is 0.754. The first-order valence-corrected chi connectivity index (χ1v) is 5.80. The standard InChI is InChI=1S/C11H15NO2S/c1-3-15-9-6-4-8(5-7-9)10(12-2)11(13)14/h4-7,10,12H,3H2,1-2H3,(H,13,14). The monoisotopic (exact) mass is 225 g/mol. The number of carboxylic acids is 1. The van der Waals surface area contributed by atoms with Gasteiger partial charge in [0.15, 0.2) is 0 Å². The third-order valence-corrected chi connectivity index (χ3v) is 2.95. The molecular formula is C11H15NO2S. The third kappa shape index (κ3) is 3.25. The minimum absolute atomic E-state index is 0.620. The lowest BCUT2D eigenvalue weighted by Crippen LogP contribution is -2.24. The Labute approximate surface area is 93.9 Å². The van der Waals surface area contributed by atoms with E-state index in [1.165, 1.54) is 4.90 Å². The Morgan fingerprint density at radius 2 is 2.07 bits per heavy atom. The minimum atomic E-state index is -0.853. The maximum Gasteiger partial charge on any atom is 0.325 e. The van der Waals surface area contributed by atoms with E-state index in [0.29, 0.717) is 0 Å². The van der Waals surface area contributed by atoms with Crippen LogP contribution in [-0.2, 0) is 4.79 Å². The highest BCUT2D eigenvalue weighted by molar-refractivity contribution is 7.99. The van der Waals surface area contributed by atoms with Gasteiger partial charge in [-0.2, -0.15) is 0 Å². The molecule has 15 heavy (non-hydrogen) atoms. The molecule has 1 aromatic carbocycles. The zero-order valence-electron chi connectivity index (χ0n) is 8.86. The molecule has 0 aliphatic heterocycles. The van der Waals surface area contributed by atoms with Crippen LogP contribution in [0.3, 0.4) is 0 Å². The number of carbonyl (C=O) groups is 1. The van der Waals surface area contributed by atoms with Gasteiger partial charge in [-0.05, 0) is 30.5 Å². The van der Waals surface area contributed by atoms with Gasteiger partial charge in [-0.1, -0.05) is 19.1 Å². The van der Waals surface area contributed by atoms with Crippen molar-refractivity contribution in [3.05, 3.63) is 29.8 Å². The molecule has 1 atom stereocenters. The Balaban J connectivity index is 2.82. The predicted octanol–water partition coefficient (Wildman–Crippen LogP) is 2.14. The largest absolute Gasteiger partial charge is 0.480 e. The first kappa shape index (κ1) is 12.1. The fourth-order valence-corrected chi connectivity index (χ4v) is 2.02. The van der Waals surface area contributed by atoms with E-state index < -0.39 is 12.0 Å². The Kier molecular flexibility index (Phi) is 4.65. The number of hydrogen-bond acceptors (Lipinski definition) is 3. The lowest BCUT2D eigenvalue weighted by molar-refractivity contribution is -0.139. The van der Waals surface area contributed by atoms with Crippen molar-refractivity contribution < 1.29 is 9.90 Å². The van der Waals surface area contributed by atoms with Crippen molar-refractivity contribution in [3.63, 3.8) is 0 Å². The number of aliphatic carboxylic acids is 1. The number of hydrogen-bond donors (Lipinski definition) is 2. The van der Waals surface area contributed by atoms with Gasteiger partial charge < -0.3 is 10.4 Å². The van der Waals surface area contributed by atoms with Crippen LogP contribution in [0.1, 0.15) is 18.5 Å². The summed E-state index contributed by atoms with van der Waals surface area (Å²) in [4.78, 5) is 12.0. The van der Waals surface area contributed by atoms with E-state index in [9.17, 15) is 4.79 Å². The highest BCUT2D eigenvalue weighted by atomic mass is 32.2. The SMILES string of the molecule is CCSc1ccc(C(NC)C(=O)O)cc1. The molecule has 2 N–H and O–H groups in total. The van der Waals surface area contributed by atoms with Crippen LogP contribution in [0.2, 0.25) is 0 Å². The molecule has 82 valence electrons. The van der Waals surface area contributed by atoms with Crippen molar-refractivity contribution in [3.8, 4) is 0 Å². The number of carboxylic acid groups (broad SMARTS) is 1. The van der Waals surface area contributed by atoms with Gasteiger partial charge in [0, 0.05) is 4.90 Å². The molecule has 0 saturated carbocycles. The van der Waals surface area contributed by atoms with Crippen LogP contribution >= 0.6 is 11.8 Å².